The van der Waals surface area contributed by atoms with E-state index in [-0.39, 0.29) is 31.0 Å². The lowest BCUT2D eigenvalue weighted by molar-refractivity contribution is -0.144. The van der Waals surface area contributed by atoms with Crippen LogP contribution in [-0.2, 0) is 19.1 Å². The SMILES string of the molecule is COCCOC(=O)CN1C(=O)C(C(C)C)Nc2ccccc21. The van der Waals surface area contributed by atoms with Crippen LogP contribution < -0.4 is 10.2 Å². The number of benzene rings is 1. The first-order valence-electron chi connectivity index (χ1n) is 7.36. The highest BCUT2D eigenvalue weighted by atomic mass is 16.6. The molecule has 6 nitrogen and oxygen atoms in total. The highest BCUT2D eigenvalue weighted by Crippen LogP contribution is 2.32. The predicted molar refractivity (Wildman–Crippen MR) is 83.9 cm³/mol. The molecule has 1 aliphatic rings. The number of fused-ring (bicyclic) bond motifs is 1. The molecule has 2 rings (SSSR count). The van der Waals surface area contributed by atoms with Crippen LogP contribution in [0.15, 0.2) is 24.3 Å². The molecule has 0 aliphatic carbocycles. The van der Waals surface area contributed by atoms with Crippen LogP contribution in [0.1, 0.15) is 13.8 Å². The normalized spacial score (nSPS) is 17.2. The number of nitrogens with zero attached hydrogens (tertiary/aromatic N) is 1. The van der Waals surface area contributed by atoms with Crippen molar-refractivity contribution < 1.29 is 19.1 Å². The second kappa shape index (κ2) is 7.26. The van der Waals surface area contributed by atoms with Crippen LogP contribution in [0.25, 0.3) is 0 Å². The largest absolute Gasteiger partial charge is 0.462 e. The summed E-state index contributed by atoms with van der Waals surface area (Å²) in [5.74, 6) is -0.435. The zero-order chi connectivity index (χ0) is 16.1. The summed E-state index contributed by atoms with van der Waals surface area (Å²) < 4.78 is 9.91. The Balaban J connectivity index is 2.16. The third-order valence-corrected chi connectivity index (χ3v) is 3.54. The summed E-state index contributed by atoms with van der Waals surface area (Å²) in [4.78, 5) is 26.0. The lowest BCUT2D eigenvalue weighted by Crippen LogP contribution is -2.51. The third kappa shape index (κ3) is 3.57. The first kappa shape index (κ1) is 16.3. The number of amides is 1. The first-order chi connectivity index (χ1) is 10.5. The summed E-state index contributed by atoms with van der Waals surface area (Å²) in [6, 6.07) is 7.11. The van der Waals surface area contributed by atoms with E-state index in [1.807, 2.05) is 38.1 Å². The van der Waals surface area contributed by atoms with Crippen LogP contribution in [0.3, 0.4) is 0 Å². The van der Waals surface area contributed by atoms with Gasteiger partial charge in [0.15, 0.2) is 0 Å². The van der Waals surface area contributed by atoms with Gasteiger partial charge in [0.05, 0.1) is 18.0 Å². The molecule has 1 amide bonds. The number of anilines is 2. The van der Waals surface area contributed by atoms with E-state index in [1.165, 1.54) is 12.0 Å². The summed E-state index contributed by atoms with van der Waals surface area (Å²) >= 11 is 0. The fourth-order valence-corrected chi connectivity index (χ4v) is 2.38. The third-order valence-electron chi connectivity index (χ3n) is 3.54. The fourth-order valence-electron chi connectivity index (χ4n) is 2.38. The highest BCUT2D eigenvalue weighted by molar-refractivity contribution is 6.07. The van der Waals surface area contributed by atoms with E-state index < -0.39 is 5.97 Å². The van der Waals surface area contributed by atoms with Crippen LogP contribution >= 0.6 is 0 Å². The molecular formula is C16H22N2O4. The van der Waals surface area contributed by atoms with Gasteiger partial charge < -0.3 is 14.8 Å². The first-order valence-corrected chi connectivity index (χ1v) is 7.36. The molecule has 1 unspecified atom stereocenters. The Morgan fingerprint density at radius 1 is 1.32 bits per heavy atom. The molecule has 1 atom stereocenters. The topological polar surface area (TPSA) is 67.9 Å². The molecule has 0 aromatic heterocycles. The number of hydrogen-bond acceptors (Lipinski definition) is 5. The van der Waals surface area contributed by atoms with Crippen LogP contribution in [0, 0.1) is 5.92 Å². The number of esters is 1. The minimum absolute atomic E-state index is 0.0928. The molecule has 1 aromatic rings. The van der Waals surface area contributed by atoms with Gasteiger partial charge in [0, 0.05) is 7.11 Å². The van der Waals surface area contributed by atoms with E-state index in [4.69, 9.17) is 9.47 Å². The van der Waals surface area contributed by atoms with E-state index in [1.54, 1.807) is 0 Å². The van der Waals surface area contributed by atoms with Gasteiger partial charge in [0.25, 0.3) is 0 Å². The van der Waals surface area contributed by atoms with Crippen LogP contribution in [0.4, 0.5) is 11.4 Å². The predicted octanol–water partition coefficient (Wildman–Crippen LogP) is 1.66. The average Bonchev–Trinajstić information content (AvgIpc) is 2.50. The van der Waals surface area contributed by atoms with Gasteiger partial charge in [-0.1, -0.05) is 26.0 Å². The van der Waals surface area contributed by atoms with Crippen molar-refractivity contribution in [1.29, 1.82) is 0 Å². The molecule has 6 heteroatoms. The van der Waals surface area contributed by atoms with Crippen molar-refractivity contribution in [2.24, 2.45) is 5.92 Å². The monoisotopic (exact) mass is 306 g/mol. The van der Waals surface area contributed by atoms with Crippen LogP contribution in [0.5, 0.6) is 0 Å². The zero-order valence-corrected chi connectivity index (χ0v) is 13.2. The lowest BCUT2D eigenvalue weighted by atomic mass is 9.99. The van der Waals surface area contributed by atoms with Gasteiger partial charge in [-0.05, 0) is 18.1 Å². The average molecular weight is 306 g/mol. The summed E-state index contributed by atoms with van der Waals surface area (Å²) in [6.07, 6.45) is 0. The molecule has 1 aliphatic heterocycles. The van der Waals surface area contributed by atoms with Crippen molar-refractivity contribution in [2.75, 3.05) is 37.1 Å². The Morgan fingerprint density at radius 2 is 2.05 bits per heavy atom. The van der Waals surface area contributed by atoms with Crippen molar-refractivity contribution >= 4 is 23.3 Å². The molecule has 0 saturated heterocycles. The second-order valence-corrected chi connectivity index (χ2v) is 5.52. The number of methoxy groups -OCH3 is 1. The number of carbonyl (C=O) groups is 2. The quantitative estimate of drug-likeness (QED) is 0.639. The summed E-state index contributed by atoms with van der Waals surface area (Å²) in [7, 11) is 1.54. The smallest absolute Gasteiger partial charge is 0.326 e. The van der Waals surface area contributed by atoms with Gasteiger partial charge in [-0.2, -0.15) is 0 Å². The lowest BCUT2D eigenvalue weighted by Gasteiger charge is -2.36. The Bertz CT molecular complexity index is 545. The maximum Gasteiger partial charge on any atom is 0.326 e. The number of ether oxygens (including phenoxy) is 2. The van der Waals surface area contributed by atoms with Gasteiger partial charge in [0.1, 0.15) is 19.2 Å². The number of para-hydroxylation sites is 2. The van der Waals surface area contributed by atoms with Crippen LogP contribution in [-0.4, -0.2) is 44.8 Å². The maximum atomic E-state index is 12.6. The van der Waals surface area contributed by atoms with Gasteiger partial charge in [-0.25, -0.2) is 0 Å². The van der Waals surface area contributed by atoms with E-state index in [2.05, 4.69) is 5.32 Å². The van der Waals surface area contributed by atoms with E-state index >= 15 is 0 Å². The molecule has 1 N–H and O–H groups in total. The Kier molecular flexibility index (Phi) is 5.38. The number of carbonyl (C=O) groups excluding carboxylic acids is 2. The van der Waals surface area contributed by atoms with Gasteiger partial charge in [-0.3, -0.25) is 14.5 Å². The van der Waals surface area contributed by atoms with Crippen molar-refractivity contribution in [3.63, 3.8) is 0 Å². The molecule has 0 fully saturated rings. The minimum Gasteiger partial charge on any atom is -0.462 e. The Morgan fingerprint density at radius 3 is 2.73 bits per heavy atom. The molecule has 120 valence electrons. The molecule has 0 bridgehead atoms. The minimum atomic E-state index is -0.440. The summed E-state index contributed by atoms with van der Waals surface area (Å²) in [5.41, 5.74) is 1.55. The summed E-state index contributed by atoms with van der Waals surface area (Å²) in [5, 5.41) is 3.24. The van der Waals surface area contributed by atoms with Crippen molar-refractivity contribution in [1.82, 2.24) is 0 Å². The van der Waals surface area contributed by atoms with E-state index in [0.717, 1.165) is 5.69 Å². The van der Waals surface area contributed by atoms with Gasteiger partial charge in [-0.15, -0.1) is 0 Å². The number of nitrogens with one attached hydrogen (secondary N) is 1. The summed E-state index contributed by atoms with van der Waals surface area (Å²) in [6.45, 7) is 4.37. The van der Waals surface area contributed by atoms with Crippen molar-refractivity contribution in [2.45, 2.75) is 19.9 Å². The number of hydrogen-bond donors (Lipinski definition) is 1. The molecule has 1 heterocycles. The second-order valence-electron chi connectivity index (χ2n) is 5.52. The van der Waals surface area contributed by atoms with Crippen LogP contribution in [0.2, 0.25) is 0 Å². The molecule has 0 spiro atoms. The van der Waals surface area contributed by atoms with E-state index in [9.17, 15) is 9.59 Å². The number of rotatable bonds is 6. The Labute approximate surface area is 130 Å². The highest BCUT2D eigenvalue weighted by Gasteiger charge is 2.35. The molecular weight excluding hydrogens is 284 g/mol. The zero-order valence-electron chi connectivity index (χ0n) is 13.2. The Hall–Kier alpha value is -2.08. The van der Waals surface area contributed by atoms with Crippen molar-refractivity contribution in [3.8, 4) is 0 Å². The van der Waals surface area contributed by atoms with Crippen molar-refractivity contribution in [3.05, 3.63) is 24.3 Å². The maximum absolute atomic E-state index is 12.6. The molecule has 22 heavy (non-hydrogen) atoms. The molecule has 0 saturated carbocycles. The van der Waals surface area contributed by atoms with Gasteiger partial charge >= 0.3 is 5.97 Å². The van der Waals surface area contributed by atoms with E-state index in [0.29, 0.717) is 12.3 Å². The fraction of sp³-hybridized carbons (Fsp3) is 0.500. The van der Waals surface area contributed by atoms with Gasteiger partial charge in [0.2, 0.25) is 5.91 Å². The molecule has 1 aromatic carbocycles. The standard InChI is InChI=1S/C16H22N2O4/c1-11(2)15-16(20)18(10-14(19)22-9-8-21-3)13-7-5-4-6-12(13)17-15/h4-7,11,15,17H,8-10H2,1-3H3. The molecule has 0 radical (unpaired) electrons.